The van der Waals surface area contributed by atoms with Crippen molar-refractivity contribution in [3.05, 3.63) is 35.1 Å². The number of hydrogen-bond acceptors (Lipinski definition) is 1. The van der Waals surface area contributed by atoms with Gasteiger partial charge >= 0.3 is 0 Å². The molecule has 0 heterocycles. The van der Waals surface area contributed by atoms with Crippen molar-refractivity contribution in [1.82, 2.24) is 0 Å². The number of aryl methyl sites for hydroxylation is 1. The summed E-state index contributed by atoms with van der Waals surface area (Å²) in [5, 5.41) is 0. The molecule has 1 fully saturated rings. The number of hydrogen-bond donors (Lipinski definition) is 1. The van der Waals surface area contributed by atoms with E-state index in [1.54, 1.807) is 6.07 Å². The van der Waals surface area contributed by atoms with Crippen molar-refractivity contribution in [2.75, 3.05) is 0 Å². The molecule has 1 aromatic carbocycles. The molecule has 0 bridgehead atoms. The van der Waals surface area contributed by atoms with E-state index in [-0.39, 0.29) is 11.4 Å². The lowest BCUT2D eigenvalue weighted by Gasteiger charge is -2.10. The Morgan fingerprint density at radius 1 is 1.46 bits per heavy atom. The van der Waals surface area contributed by atoms with Crippen molar-refractivity contribution < 1.29 is 4.39 Å². The van der Waals surface area contributed by atoms with Gasteiger partial charge in [0.05, 0.1) is 0 Å². The minimum absolute atomic E-state index is 0.0292. The molecule has 0 atom stereocenters. The molecule has 0 aromatic heterocycles. The normalized spacial score (nSPS) is 18.7. The van der Waals surface area contributed by atoms with Gasteiger partial charge in [-0.25, -0.2) is 4.39 Å². The molecular weight excluding hydrogens is 165 g/mol. The monoisotopic (exact) mass is 179 g/mol. The number of rotatable bonds is 2. The van der Waals surface area contributed by atoms with E-state index in [1.807, 2.05) is 13.0 Å². The maximum Gasteiger partial charge on any atom is 0.123 e. The van der Waals surface area contributed by atoms with Crippen molar-refractivity contribution in [2.45, 2.75) is 31.7 Å². The lowest BCUT2D eigenvalue weighted by atomic mass is 10.0. The molecule has 2 rings (SSSR count). The zero-order chi connectivity index (χ0) is 9.47. The van der Waals surface area contributed by atoms with Crippen LogP contribution in [0.3, 0.4) is 0 Å². The standard InChI is InChI=1S/C11H14FN/c1-8-2-3-10(12)6-9(8)7-11(13)4-5-11/h2-3,6H,4-5,7,13H2,1H3. The first-order valence-corrected chi connectivity index (χ1v) is 4.63. The molecule has 2 N–H and O–H groups in total. The van der Waals surface area contributed by atoms with Gasteiger partial charge in [-0.05, 0) is 49.4 Å². The minimum Gasteiger partial charge on any atom is -0.325 e. The summed E-state index contributed by atoms with van der Waals surface area (Å²) in [7, 11) is 0. The van der Waals surface area contributed by atoms with Gasteiger partial charge in [0.2, 0.25) is 0 Å². The summed E-state index contributed by atoms with van der Waals surface area (Å²) in [6, 6.07) is 4.91. The molecule has 0 amide bonds. The van der Waals surface area contributed by atoms with E-state index in [4.69, 9.17) is 5.73 Å². The van der Waals surface area contributed by atoms with Crippen molar-refractivity contribution in [1.29, 1.82) is 0 Å². The van der Waals surface area contributed by atoms with Crippen LogP contribution in [0.25, 0.3) is 0 Å². The predicted molar refractivity (Wildman–Crippen MR) is 51.0 cm³/mol. The van der Waals surface area contributed by atoms with Crippen molar-refractivity contribution >= 4 is 0 Å². The highest BCUT2D eigenvalue weighted by molar-refractivity contribution is 5.29. The molecule has 0 saturated heterocycles. The zero-order valence-electron chi connectivity index (χ0n) is 7.81. The van der Waals surface area contributed by atoms with Crippen LogP contribution >= 0.6 is 0 Å². The quantitative estimate of drug-likeness (QED) is 0.739. The van der Waals surface area contributed by atoms with Gasteiger partial charge in [0.1, 0.15) is 5.82 Å². The topological polar surface area (TPSA) is 26.0 Å². The van der Waals surface area contributed by atoms with Crippen LogP contribution in [0.4, 0.5) is 4.39 Å². The summed E-state index contributed by atoms with van der Waals surface area (Å²) < 4.78 is 12.9. The summed E-state index contributed by atoms with van der Waals surface area (Å²) in [4.78, 5) is 0. The van der Waals surface area contributed by atoms with Crippen molar-refractivity contribution in [3.63, 3.8) is 0 Å². The fourth-order valence-electron chi connectivity index (χ4n) is 1.55. The highest BCUT2D eigenvalue weighted by Gasteiger charge is 2.38. The van der Waals surface area contributed by atoms with Gasteiger partial charge in [-0.2, -0.15) is 0 Å². The van der Waals surface area contributed by atoms with Gasteiger partial charge in [0.15, 0.2) is 0 Å². The van der Waals surface area contributed by atoms with E-state index in [0.717, 1.165) is 30.4 Å². The Bertz CT molecular complexity index is 329. The van der Waals surface area contributed by atoms with E-state index >= 15 is 0 Å². The molecule has 1 saturated carbocycles. The molecule has 0 aliphatic heterocycles. The average Bonchev–Trinajstić information content (AvgIpc) is 2.76. The van der Waals surface area contributed by atoms with Crippen LogP contribution in [0, 0.1) is 12.7 Å². The lowest BCUT2D eigenvalue weighted by Crippen LogP contribution is -2.24. The first kappa shape index (κ1) is 8.70. The van der Waals surface area contributed by atoms with E-state index in [0.29, 0.717) is 0 Å². The van der Waals surface area contributed by atoms with E-state index < -0.39 is 0 Å². The Balaban J connectivity index is 2.23. The molecule has 2 heteroatoms. The second-order valence-electron chi connectivity index (χ2n) is 4.11. The number of benzene rings is 1. The second kappa shape index (κ2) is 2.81. The molecular formula is C11H14FN. The van der Waals surface area contributed by atoms with Gasteiger partial charge in [-0.15, -0.1) is 0 Å². The minimum atomic E-state index is -0.162. The third kappa shape index (κ3) is 1.89. The van der Waals surface area contributed by atoms with Crippen LogP contribution in [0.2, 0.25) is 0 Å². The number of halogens is 1. The molecule has 70 valence electrons. The van der Waals surface area contributed by atoms with Crippen LogP contribution in [0.15, 0.2) is 18.2 Å². The zero-order valence-corrected chi connectivity index (χ0v) is 7.81. The third-order valence-corrected chi connectivity index (χ3v) is 2.75. The molecule has 1 aliphatic carbocycles. The molecule has 1 aromatic rings. The van der Waals surface area contributed by atoms with Gasteiger partial charge in [0.25, 0.3) is 0 Å². The first-order valence-electron chi connectivity index (χ1n) is 4.63. The van der Waals surface area contributed by atoms with Gasteiger partial charge in [-0.1, -0.05) is 6.07 Å². The predicted octanol–water partition coefficient (Wildman–Crippen LogP) is 2.17. The van der Waals surface area contributed by atoms with Gasteiger partial charge in [0, 0.05) is 5.54 Å². The summed E-state index contributed by atoms with van der Waals surface area (Å²) in [6.45, 7) is 2.00. The maximum atomic E-state index is 12.9. The number of nitrogens with two attached hydrogens (primary N) is 1. The fourth-order valence-corrected chi connectivity index (χ4v) is 1.55. The van der Waals surface area contributed by atoms with E-state index in [1.165, 1.54) is 6.07 Å². The Hall–Kier alpha value is -0.890. The molecule has 0 unspecified atom stereocenters. The van der Waals surface area contributed by atoms with Crippen LogP contribution in [0.5, 0.6) is 0 Å². The summed E-state index contributed by atoms with van der Waals surface area (Å²) in [5.74, 6) is -0.162. The SMILES string of the molecule is Cc1ccc(F)cc1CC1(N)CC1. The van der Waals surface area contributed by atoms with Crippen LogP contribution < -0.4 is 5.73 Å². The first-order chi connectivity index (χ1) is 6.09. The fraction of sp³-hybridized carbons (Fsp3) is 0.455. The Kier molecular flexibility index (Phi) is 1.88. The Labute approximate surface area is 77.8 Å². The van der Waals surface area contributed by atoms with Gasteiger partial charge in [-0.3, -0.25) is 0 Å². The van der Waals surface area contributed by atoms with Crippen molar-refractivity contribution in [3.8, 4) is 0 Å². The molecule has 0 radical (unpaired) electrons. The molecule has 13 heavy (non-hydrogen) atoms. The van der Waals surface area contributed by atoms with Crippen LogP contribution in [-0.4, -0.2) is 5.54 Å². The molecule has 1 nitrogen and oxygen atoms in total. The largest absolute Gasteiger partial charge is 0.325 e. The maximum absolute atomic E-state index is 12.9. The summed E-state index contributed by atoms with van der Waals surface area (Å²) >= 11 is 0. The Morgan fingerprint density at radius 2 is 2.15 bits per heavy atom. The highest BCUT2D eigenvalue weighted by atomic mass is 19.1. The van der Waals surface area contributed by atoms with Crippen molar-refractivity contribution in [2.24, 2.45) is 5.73 Å². The average molecular weight is 179 g/mol. The summed E-state index contributed by atoms with van der Waals surface area (Å²) in [6.07, 6.45) is 2.96. The van der Waals surface area contributed by atoms with Crippen LogP contribution in [-0.2, 0) is 6.42 Å². The van der Waals surface area contributed by atoms with Gasteiger partial charge < -0.3 is 5.73 Å². The van der Waals surface area contributed by atoms with E-state index in [2.05, 4.69) is 0 Å². The second-order valence-corrected chi connectivity index (χ2v) is 4.11. The molecule has 0 spiro atoms. The lowest BCUT2D eigenvalue weighted by molar-refractivity contribution is 0.616. The van der Waals surface area contributed by atoms with Crippen LogP contribution in [0.1, 0.15) is 24.0 Å². The Morgan fingerprint density at radius 3 is 2.77 bits per heavy atom. The highest BCUT2D eigenvalue weighted by Crippen LogP contribution is 2.36. The summed E-state index contributed by atoms with van der Waals surface area (Å²) in [5.41, 5.74) is 8.14. The molecule has 1 aliphatic rings. The van der Waals surface area contributed by atoms with E-state index in [9.17, 15) is 4.39 Å². The smallest absolute Gasteiger partial charge is 0.123 e. The third-order valence-electron chi connectivity index (χ3n) is 2.75.